The maximum absolute atomic E-state index is 11.4. The topological polar surface area (TPSA) is 29.1 Å². The lowest BCUT2D eigenvalue weighted by molar-refractivity contribution is -0.126. The SMILES string of the molecule is O=C1C2CC3CC1NC3C2. The van der Waals surface area contributed by atoms with E-state index in [1.165, 1.54) is 6.42 Å². The predicted molar refractivity (Wildman–Crippen MR) is 36.5 cm³/mol. The summed E-state index contributed by atoms with van der Waals surface area (Å²) in [5.74, 6) is 1.81. The third kappa shape index (κ3) is 0.439. The molecule has 0 aromatic carbocycles. The normalized spacial score (nSPS) is 56.6. The van der Waals surface area contributed by atoms with Crippen molar-refractivity contribution >= 4 is 5.78 Å². The monoisotopic (exact) mass is 137 g/mol. The molecule has 0 amide bonds. The Bertz CT molecular complexity index is 169. The molecule has 54 valence electrons. The van der Waals surface area contributed by atoms with Gasteiger partial charge in [-0.25, -0.2) is 0 Å². The van der Waals surface area contributed by atoms with Gasteiger partial charge < -0.3 is 5.32 Å². The van der Waals surface area contributed by atoms with Crippen LogP contribution in [0.2, 0.25) is 0 Å². The Hall–Kier alpha value is -0.370. The fourth-order valence-corrected chi connectivity index (χ4v) is 2.93. The van der Waals surface area contributed by atoms with Gasteiger partial charge in [-0.2, -0.15) is 0 Å². The molecule has 0 aromatic heterocycles. The maximum atomic E-state index is 11.4. The van der Waals surface area contributed by atoms with E-state index in [0.717, 1.165) is 18.8 Å². The fraction of sp³-hybridized carbons (Fsp3) is 0.875. The van der Waals surface area contributed by atoms with Crippen LogP contribution < -0.4 is 5.32 Å². The first kappa shape index (κ1) is 5.30. The summed E-state index contributed by atoms with van der Waals surface area (Å²) in [5, 5.41) is 3.38. The minimum atomic E-state index is 0.266. The molecule has 0 radical (unpaired) electrons. The number of piperidine rings is 1. The zero-order valence-corrected chi connectivity index (χ0v) is 5.84. The van der Waals surface area contributed by atoms with Gasteiger partial charge in [-0.1, -0.05) is 0 Å². The number of carbonyl (C=O) groups is 1. The molecule has 2 heterocycles. The van der Waals surface area contributed by atoms with Gasteiger partial charge in [0.05, 0.1) is 6.04 Å². The van der Waals surface area contributed by atoms with Crippen LogP contribution in [0.5, 0.6) is 0 Å². The quantitative estimate of drug-likeness (QED) is 0.521. The molecule has 0 spiro atoms. The number of hydrogen-bond acceptors (Lipinski definition) is 2. The van der Waals surface area contributed by atoms with E-state index in [-0.39, 0.29) is 6.04 Å². The molecule has 2 heteroatoms. The molecule has 4 rings (SSSR count). The highest BCUT2D eigenvalue weighted by atomic mass is 16.1. The Morgan fingerprint density at radius 2 is 2.20 bits per heavy atom. The van der Waals surface area contributed by atoms with Crippen LogP contribution in [-0.2, 0) is 4.79 Å². The first-order chi connectivity index (χ1) is 4.84. The molecule has 2 saturated carbocycles. The molecule has 4 bridgehead atoms. The first-order valence-corrected chi connectivity index (χ1v) is 4.14. The number of carbonyl (C=O) groups excluding carboxylic acids is 1. The summed E-state index contributed by atoms with van der Waals surface area (Å²) < 4.78 is 0. The minimum absolute atomic E-state index is 0.266. The molecular formula is C8H11NO. The van der Waals surface area contributed by atoms with Gasteiger partial charge in [-0.05, 0) is 25.2 Å². The lowest BCUT2D eigenvalue weighted by Crippen LogP contribution is -2.43. The van der Waals surface area contributed by atoms with E-state index >= 15 is 0 Å². The van der Waals surface area contributed by atoms with Crippen molar-refractivity contribution in [3.8, 4) is 0 Å². The Morgan fingerprint density at radius 1 is 1.30 bits per heavy atom. The van der Waals surface area contributed by atoms with Crippen LogP contribution in [0.4, 0.5) is 0 Å². The summed E-state index contributed by atoms with van der Waals surface area (Å²) in [7, 11) is 0. The molecule has 2 saturated heterocycles. The van der Waals surface area contributed by atoms with E-state index in [9.17, 15) is 4.79 Å². The molecule has 4 unspecified atom stereocenters. The van der Waals surface area contributed by atoms with Gasteiger partial charge in [0, 0.05) is 12.0 Å². The number of nitrogens with one attached hydrogen (secondary N) is 1. The summed E-state index contributed by atoms with van der Waals surface area (Å²) in [6.45, 7) is 0. The summed E-state index contributed by atoms with van der Waals surface area (Å²) in [6.07, 6.45) is 3.47. The summed E-state index contributed by atoms with van der Waals surface area (Å²) in [5.41, 5.74) is 0. The molecule has 4 atom stereocenters. The van der Waals surface area contributed by atoms with Gasteiger partial charge in [0.1, 0.15) is 0 Å². The largest absolute Gasteiger partial charge is 0.304 e. The molecule has 0 aromatic rings. The van der Waals surface area contributed by atoms with Gasteiger partial charge in [0.15, 0.2) is 5.78 Å². The van der Waals surface area contributed by atoms with E-state index in [1.807, 2.05) is 0 Å². The van der Waals surface area contributed by atoms with E-state index in [2.05, 4.69) is 5.32 Å². The van der Waals surface area contributed by atoms with Gasteiger partial charge in [0.2, 0.25) is 0 Å². The molecule has 2 aliphatic heterocycles. The summed E-state index contributed by atoms with van der Waals surface area (Å²) in [6, 6.07) is 0.982. The number of hydrogen-bond donors (Lipinski definition) is 1. The molecule has 1 N–H and O–H groups in total. The van der Waals surface area contributed by atoms with Crippen LogP contribution in [0.1, 0.15) is 19.3 Å². The molecule has 10 heavy (non-hydrogen) atoms. The van der Waals surface area contributed by atoms with E-state index in [0.29, 0.717) is 17.7 Å². The molecule has 4 aliphatic rings. The minimum Gasteiger partial charge on any atom is -0.304 e. The number of ketones is 1. The van der Waals surface area contributed by atoms with Crippen molar-refractivity contribution in [3.05, 3.63) is 0 Å². The van der Waals surface area contributed by atoms with Gasteiger partial charge in [0.25, 0.3) is 0 Å². The Labute approximate surface area is 60.0 Å². The van der Waals surface area contributed by atoms with Crippen LogP contribution in [0.15, 0.2) is 0 Å². The Balaban J connectivity index is 2.05. The van der Waals surface area contributed by atoms with Crippen molar-refractivity contribution in [2.45, 2.75) is 31.3 Å². The zero-order chi connectivity index (χ0) is 6.72. The second-order valence-electron chi connectivity index (χ2n) is 3.89. The van der Waals surface area contributed by atoms with Crippen molar-refractivity contribution in [1.29, 1.82) is 0 Å². The number of rotatable bonds is 0. The molecule has 4 fully saturated rings. The second kappa shape index (κ2) is 1.45. The predicted octanol–water partition coefficient (Wildman–Crippen LogP) is 0.326. The van der Waals surface area contributed by atoms with Crippen LogP contribution >= 0.6 is 0 Å². The van der Waals surface area contributed by atoms with Gasteiger partial charge in [-0.3, -0.25) is 4.79 Å². The van der Waals surface area contributed by atoms with Crippen LogP contribution in [-0.4, -0.2) is 17.9 Å². The zero-order valence-electron chi connectivity index (χ0n) is 5.84. The molecule has 2 nitrogen and oxygen atoms in total. The van der Waals surface area contributed by atoms with Crippen LogP contribution in [0.25, 0.3) is 0 Å². The van der Waals surface area contributed by atoms with E-state index < -0.39 is 0 Å². The number of Topliss-reactive ketones (excluding diaryl/α,β-unsaturated/α-hetero) is 1. The van der Waals surface area contributed by atoms with Crippen molar-refractivity contribution in [2.24, 2.45) is 11.8 Å². The average molecular weight is 137 g/mol. The molecule has 2 aliphatic carbocycles. The average Bonchev–Trinajstić information content (AvgIpc) is 2.33. The van der Waals surface area contributed by atoms with Crippen LogP contribution in [0.3, 0.4) is 0 Å². The second-order valence-corrected chi connectivity index (χ2v) is 3.89. The standard InChI is InChI=1S/C8H11NO/c10-8-5-1-4-2-7(8)9-6(4)3-5/h4-7,9H,1-3H2. The first-order valence-electron chi connectivity index (χ1n) is 4.14. The Morgan fingerprint density at radius 3 is 2.90 bits per heavy atom. The highest BCUT2D eigenvalue weighted by molar-refractivity contribution is 5.89. The summed E-state index contributed by atoms with van der Waals surface area (Å²) >= 11 is 0. The third-order valence-electron chi connectivity index (χ3n) is 3.39. The van der Waals surface area contributed by atoms with Crippen molar-refractivity contribution in [3.63, 3.8) is 0 Å². The smallest absolute Gasteiger partial charge is 0.152 e. The lowest BCUT2D eigenvalue weighted by atomic mass is 9.86. The van der Waals surface area contributed by atoms with Crippen molar-refractivity contribution in [1.82, 2.24) is 5.32 Å². The third-order valence-corrected chi connectivity index (χ3v) is 3.39. The Kier molecular flexibility index (Phi) is 0.768. The highest BCUT2D eigenvalue weighted by Gasteiger charge is 2.52. The van der Waals surface area contributed by atoms with Crippen molar-refractivity contribution in [2.75, 3.05) is 0 Å². The highest BCUT2D eigenvalue weighted by Crippen LogP contribution is 2.45. The fourth-order valence-electron chi connectivity index (χ4n) is 2.93. The maximum Gasteiger partial charge on any atom is 0.152 e. The van der Waals surface area contributed by atoms with Gasteiger partial charge in [-0.15, -0.1) is 0 Å². The summed E-state index contributed by atoms with van der Waals surface area (Å²) in [4.78, 5) is 11.4. The van der Waals surface area contributed by atoms with E-state index in [1.54, 1.807) is 0 Å². The van der Waals surface area contributed by atoms with E-state index in [4.69, 9.17) is 0 Å². The molecular weight excluding hydrogens is 126 g/mol. The van der Waals surface area contributed by atoms with Crippen LogP contribution in [0, 0.1) is 11.8 Å². The van der Waals surface area contributed by atoms with Gasteiger partial charge >= 0.3 is 0 Å². The van der Waals surface area contributed by atoms with Crippen molar-refractivity contribution < 1.29 is 4.79 Å². The lowest BCUT2D eigenvalue weighted by Gasteiger charge is -2.23.